The van der Waals surface area contributed by atoms with E-state index in [0.29, 0.717) is 25.7 Å². The maximum atomic E-state index is 12.1. The smallest absolute Gasteiger partial charge is 0.162 e. The highest BCUT2D eigenvalue weighted by molar-refractivity contribution is 5.96. The molecule has 2 rings (SSSR count). The number of rotatable bonds is 12. The molecule has 140 valence electrons. The minimum Gasteiger partial charge on any atom is -0.298 e. The average Bonchev–Trinajstić information content (AvgIpc) is 2.73. The molecule has 0 saturated heterocycles. The Morgan fingerprint density at radius 2 is 1.19 bits per heavy atom. The van der Waals surface area contributed by atoms with Crippen molar-refractivity contribution >= 4 is 17.9 Å². The highest BCUT2D eigenvalue weighted by atomic mass is 16.1. The minimum absolute atomic E-state index is 0.111. The molecule has 3 heteroatoms. The van der Waals surface area contributed by atoms with Gasteiger partial charge in [0.2, 0.25) is 0 Å². The van der Waals surface area contributed by atoms with Gasteiger partial charge in [0.1, 0.15) is 6.29 Å². The fraction of sp³-hybridized carbons (Fsp3) is 0.292. The summed E-state index contributed by atoms with van der Waals surface area (Å²) in [7, 11) is 0. The van der Waals surface area contributed by atoms with E-state index in [1.165, 1.54) is 0 Å². The van der Waals surface area contributed by atoms with Crippen LogP contribution in [0.25, 0.3) is 0 Å². The van der Waals surface area contributed by atoms with Crippen LogP contribution in [0.4, 0.5) is 0 Å². The number of carbonyl (C=O) groups is 3. The molecule has 0 radical (unpaired) electrons. The van der Waals surface area contributed by atoms with Crippen molar-refractivity contribution in [3.05, 3.63) is 83.4 Å². The van der Waals surface area contributed by atoms with Crippen molar-refractivity contribution in [3.8, 4) is 0 Å². The first-order chi connectivity index (χ1) is 13.2. The molecule has 0 atom stereocenters. The lowest BCUT2D eigenvalue weighted by Crippen LogP contribution is -1.99. The SMILES string of the molecule is O=C/C(=C/CCCCC(=O)c1ccccc1)CCCC(=O)c1ccccc1. The van der Waals surface area contributed by atoms with Crippen LogP contribution in [0.1, 0.15) is 65.7 Å². The number of aldehydes is 1. The summed E-state index contributed by atoms with van der Waals surface area (Å²) in [5, 5.41) is 0. The van der Waals surface area contributed by atoms with E-state index < -0.39 is 0 Å². The zero-order valence-electron chi connectivity index (χ0n) is 15.6. The standard InChI is InChI=1S/C24H26O3/c25-19-20(12-10-18-24(27)22-15-7-3-8-16-22)11-4-1-9-17-23(26)21-13-5-2-6-14-21/h2-3,5-8,11,13-16,19H,1,4,9-10,12,17-18H2/b20-11+. The largest absolute Gasteiger partial charge is 0.298 e. The van der Waals surface area contributed by atoms with Crippen molar-refractivity contribution in [2.75, 3.05) is 0 Å². The van der Waals surface area contributed by atoms with Gasteiger partial charge in [-0.15, -0.1) is 0 Å². The van der Waals surface area contributed by atoms with Crippen molar-refractivity contribution in [2.45, 2.75) is 44.9 Å². The molecule has 0 aliphatic rings. The van der Waals surface area contributed by atoms with E-state index in [0.717, 1.165) is 42.2 Å². The van der Waals surface area contributed by atoms with Crippen LogP contribution in [0.5, 0.6) is 0 Å². The molecule has 0 fully saturated rings. The third-order valence-corrected chi connectivity index (χ3v) is 4.48. The number of hydrogen-bond donors (Lipinski definition) is 0. The predicted molar refractivity (Wildman–Crippen MR) is 108 cm³/mol. The third kappa shape index (κ3) is 7.53. The van der Waals surface area contributed by atoms with Gasteiger partial charge in [-0.25, -0.2) is 0 Å². The summed E-state index contributed by atoms with van der Waals surface area (Å²) >= 11 is 0. The van der Waals surface area contributed by atoms with Crippen LogP contribution < -0.4 is 0 Å². The van der Waals surface area contributed by atoms with Crippen molar-refractivity contribution in [1.29, 1.82) is 0 Å². The number of unbranched alkanes of at least 4 members (excludes halogenated alkanes) is 2. The van der Waals surface area contributed by atoms with Crippen LogP contribution in [0.15, 0.2) is 72.3 Å². The van der Waals surface area contributed by atoms with Crippen LogP contribution in [0, 0.1) is 0 Å². The average molecular weight is 362 g/mol. The normalized spacial score (nSPS) is 11.2. The van der Waals surface area contributed by atoms with Gasteiger partial charge in [-0.05, 0) is 37.7 Å². The summed E-state index contributed by atoms with van der Waals surface area (Å²) < 4.78 is 0. The van der Waals surface area contributed by atoms with Gasteiger partial charge < -0.3 is 0 Å². The van der Waals surface area contributed by atoms with Gasteiger partial charge in [-0.3, -0.25) is 14.4 Å². The second-order valence-electron chi connectivity index (χ2n) is 6.57. The quantitative estimate of drug-likeness (QED) is 0.213. The molecule has 0 heterocycles. The van der Waals surface area contributed by atoms with Gasteiger partial charge in [-0.1, -0.05) is 66.7 Å². The fourth-order valence-corrected chi connectivity index (χ4v) is 2.92. The molecule has 2 aromatic rings. The summed E-state index contributed by atoms with van der Waals surface area (Å²) in [6.07, 6.45) is 7.54. The van der Waals surface area contributed by atoms with E-state index >= 15 is 0 Å². The maximum absolute atomic E-state index is 12.1. The van der Waals surface area contributed by atoms with Gasteiger partial charge in [0, 0.05) is 24.0 Å². The lowest BCUT2D eigenvalue weighted by molar-refractivity contribution is -0.105. The number of ketones is 2. The molecule has 3 nitrogen and oxygen atoms in total. The van der Waals surface area contributed by atoms with E-state index in [-0.39, 0.29) is 11.6 Å². The molecule has 0 N–H and O–H groups in total. The van der Waals surface area contributed by atoms with Crippen LogP contribution in [0.3, 0.4) is 0 Å². The Morgan fingerprint density at radius 1 is 0.667 bits per heavy atom. The van der Waals surface area contributed by atoms with Crippen LogP contribution >= 0.6 is 0 Å². The first kappa shape index (κ1) is 20.5. The molecule has 2 aromatic carbocycles. The lowest BCUT2D eigenvalue weighted by Gasteiger charge is -2.03. The Morgan fingerprint density at radius 3 is 1.70 bits per heavy atom. The fourth-order valence-electron chi connectivity index (χ4n) is 2.92. The topological polar surface area (TPSA) is 51.2 Å². The Kier molecular flexibility index (Phi) is 8.91. The molecule has 0 unspecified atom stereocenters. The Balaban J connectivity index is 1.65. The maximum Gasteiger partial charge on any atom is 0.162 e. The van der Waals surface area contributed by atoms with Crippen molar-refractivity contribution in [3.63, 3.8) is 0 Å². The summed E-state index contributed by atoms with van der Waals surface area (Å²) in [5.74, 6) is 0.273. The zero-order chi connectivity index (χ0) is 19.3. The molecular weight excluding hydrogens is 336 g/mol. The van der Waals surface area contributed by atoms with Crippen LogP contribution in [-0.4, -0.2) is 17.9 Å². The van der Waals surface area contributed by atoms with E-state index in [4.69, 9.17) is 0 Å². The van der Waals surface area contributed by atoms with Gasteiger partial charge in [0.15, 0.2) is 11.6 Å². The number of allylic oxidation sites excluding steroid dienone is 2. The van der Waals surface area contributed by atoms with Crippen LogP contribution in [-0.2, 0) is 4.79 Å². The van der Waals surface area contributed by atoms with Gasteiger partial charge in [0.25, 0.3) is 0 Å². The molecule has 0 aliphatic carbocycles. The monoisotopic (exact) mass is 362 g/mol. The Labute approximate surface area is 161 Å². The number of benzene rings is 2. The molecule has 0 spiro atoms. The first-order valence-corrected chi connectivity index (χ1v) is 9.51. The number of hydrogen-bond acceptors (Lipinski definition) is 3. The third-order valence-electron chi connectivity index (χ3n) is 4.48. The summed E-state index contributed by atoms with van der Waals surface area (Å²) in [6, 6.07) is 18.5. The summed E-state index contributed by atoms with van der Waals surface area (Å²) in [6.45, 7) is 0. The highest BCUT2D eigenvalue weighted by Gasteiger charge is 2.06. The molecule has 0 aliphatic heterocycles. The zero-order valence-corrected chi connectivity index (χ0v) is 15.6. The van der Waals surface area contributed by atoms with E-state index in [1.807, 2.05) is 66.7 Å². The highest BCUT2D eigenvalue weighted by Crippen LogP contribution is 2.13. The number of carbonyl (C=O) groups excluding carboxylic acids is 3. The lowest BCUT2D eigenvalue weighted by atomic mass is 10.0. The second kappa shape index (κ2) is 11.7. The molecule has 0 bridgehead atoms. The van der Waals surface area contributed by atoms with Gasteiger partial charge in [0.05, 0.1) is 0 Å². The second-order valence-corrected chi connectivity index (χ2v) is 6.57. The van der Waals surface area contributed by atoms with Crippen molar-refractivity contribution in [2.24, 2.45) is 0 Å². The van der Waals surface area contributed by atoms with E-state index in [2.05, 4.69) is 0 Å². The van der Waals surface area contributed by atoms with Crippen LogP contribution in [0.2, 0.25) is 0 Å². The summed E-state index contributed by atoms with van der Waals surface area (Å²) in [5.41, 5.74) is 2.21. The Hall–Kier alpha value is -2.81. The molecule has 0 aromatic heterocycles. The van der Waals surface area contributed by atoms with Crippen molar-refractivity contribution < 1.29 is 14.4 Å². The molecule has 27 heavy (non-hydrogen) atoms. The predicted octanol–water partition coefficient (Wildman–Crippen LogP) is 5.61. The number of Topliss-reactive ketones (excluding diaryl/α,β-unsaturated/α-hetero) is 2. The van der Waals surface area contributed by atoms with E-state index in [1.54, 1.807) is 0 Å². The van der Waals surface area contributed by atoms with E-state index in [9.17, 15) is 14.4 Å². The summed E-state index contributed by atoms with van der Waals surface area (Å²) in [4.78, 5) is 35.3. The van der Waals surface area contributed by atoms with Crippen molar-refractivity contribution in [1.82, 2.24) is 0 Å². The molecule has 0 amide bonds. The molecule has 0 saturated carbocycles. The van der Waals surface area contributed by atoms with Gasteiger partial charge in [-0.2, -0.15) is 0 Å². The minimum atomic E-state index is 0.111. The van der Waals surface area contributed by atoms with Gasteiger partial charge >= 0.3 is 0 Å². The molecular formula is C24H26O3. The Bertz CT molecular complexity index is 761. The first-order valence-electron chi connectivity index (χ1n) is 9.51.